The molecule has 1 aliphatic rings. The second kappa shape index (κ2) is 8.86. The molecule has 11 heteroatoms. The van der Waals surface area contributed by atoms with E-state index in [1.54, 1.807) is 6.92 Å². The first-order valence-electron chi connectivity index (χ1n) is 9.73. The number of hydrogen-bond acceptors (Lipinski definition) is 6. The van der Waals surface area contributed by atoms with Gasteiger partial charge in [-0.15, -0.1) is 0 Å². The zero-order valence-corrected chi connectivity index (χ0v) is 18.5. The van der Waals surface area contributed by atoms with Gasteiger partial charge in [0.05, 0.1) is 34.6 Å². The van der Waals surface area contributed by atoms with Crippen molar-refractivity contribution in [1.29, 1.82) is 0 Å². The summed E-state index contributed by atoms with van der Waals surface area (Å²) >= 11 is 6.92. The number of carbonyl (C=O) groups is 1. The van der Waals surface area contributed by atoms with Gasteiger partial charge in [0.2, 0.25) is 0 Å². The Morgan fingerprint density at radius 3 is 2.69 bits per heavy atom. The van der Waals surface area contributed by atoms with Gasteiger partial charge in [-0.3, -0.25) is 15.0 Å². The van der Waals surface area contributed by atoms with E-state index in [9.17, 15) is 23.1 Å². The Kier molecular flexibility index (Phi) is 6.30. The van der Waals surface area contributed by atoms with E-state index in [1.165, 1.54) is 12.1 Å². The molecule has 1 saturated heterocycles. The highest BCUT2D eigenvalue weighted by molar-refractivity contribution is 7.22. The van der Waals surface area contributed by atoms with Crippen molar-refractivity contribution in [3.63, 3.8) is 0 Å². The summed E-state index contributed by atoms with van der Waals surface area (Å²) in [6.45, 7) is 4.14. The number of carbonyl (C=O) groups excluding carboxylic acids is 1. The standard InChI is InChI=1S/C21H19ClF3N3O3S/c1-11-6-14(22)9-15(18(11)29)19(30)27-20-26-17-12(10-28-2-4-31-5-3-28)7-13(21(23,24)25)8-16(17)32-20/h6-9,29H,2-5,10H2,1H3,(H,26,27,30). The van der Waals surface area contributed by atoms with Gasteiger partial charge in [-0.2, -0.15) is 13.2 Å². The maximum absolute atomic E-state index is 13.5. The van der Waals surface area contributed by atoms with Crippen LogP contribution in [0.3, 0.4) is 0 Å². The van der Waals surface area contributed by atoms with Gasteiger partial charge in [-0.25, -0.2) is 4.98 Å². The lowest BCUT2D eigenvalue weighted by molar-refractivity contribution is -0.137. The number of aromatic hydroxyl groups is 1. The number of aryl methyl sites for hydroxylation is 1. The molecule has 2 heterocycles. The fourth-order valence-electron chi connectivity index (χ4n) is 3.51. The average Bonchev–Trinajstić information content (AvgIpc) is 3.13. The number of rotatable bonds is 4. The molecule has 0 bridgehead atoms. The van der Waals surface area contributed by atoms with Crippen molar-refractivity contribution in [3.05, 3.63) is 51.5 Å². The Balaban J connectivity index is 1.69. The number of amides is 1. The molecule has 1 amide bonds. The molecule has 1 aromatic heterocycles. The predicted octanol–water partition coefficient (Wildman–Crippen LogP) is 5.07. The third-order valence-corrected chi connectivity index (χ3v) is 6.27. The average molecular weight is 486 g/mol. The molecule has 0 spiro atoms. The first-order chi connectivity index (χ1) is 15.1. The molecular weight excluding hydrogens is 467 g/mol. The molecule has 2 aromatic carbocycles. The number of phenols is 1. The second-order valence-electron chi connectivity index (χ2n) is 7.46. The highest BCUT2D eigenvalue weighted by atomic mass is 35.5. The molecule has 0 unspecified atom stereocenters. The zero-order valence-electron chi connectivity index (χ0n) is 16.9. The quantitative estimate of drug-likeness (QED) is 0.540. The molecule has 1 fully saturated rings. The summed E-state index contributed by atoms with van der Waals surface area (Å²) in [5, 5.41) is 13.2. The minimum Gasteiger partial charge on any atom is -0.507 e. The van der Waals surface area contributed by atoms with Gasteiger partial charge in [0.15, 0.2) is 5.13 Å². The number of halogens is 4. The predicted molar refractivity (Wildman–Crippen MR) is 117 cm³/mol. The van der Waals surface area contributed by atoms with Crippen LogP contribution in [-0.2, 0) is 17.5 Å². The summed E-state index contributed by atoms with van der Waals surface area (Å²) in [7, 11) is 0. The van der Waals surface area contributed by atoms with Crippen molar-refractivity contribution in [2.75, 3.05) is 31.6 Å². The Bertz CT molecular complexity index is 1180. The highest BCUT2D eigenvalue weighted by Gasteiger charge is 2.32. The van der Waals surface area contributed by atoms with Gasteiger partial charge >= 0.3 is 6.18 Å². The first kappa shape index (κ1) is 22.8. The smallest absolute Gasteiger partial charge is 0.416 e. The summed E-state index contributed by atoms with van der Waals surface area (Å²) in [5.41, 5.74) is 0.442. The van der Waals surface area contributed by atoms with Gasteiger partial charge in [-0.1, -0.05) is 22.9 Å². The van der Waals surface area contributed by atoms with Crippen LogP contribution in [0.2, 0.25) is 5.02 Å². The van der Waals surface area contributed by atoms with Crippen LogP contribution in [-0.4, -0.2) is 47.2 Å². The first-order valence-corrected chi connectivity index (χ1v) is 10.9. The number of thiazole rings is 1. The molecule has 4 rings (SSSR count). The van der Waals surface area contributed by atoms with Crippen LogP contribution in [0.15, 0.2) is 24.3 Å². The van der Waals surface area contributed by atoms with Crippen molar-refractivity contribution >= 4 is 44.2 Å². The zero-order chi connectivity index (χ0) is 23.0. The van der Waals surface area contributed by atoms with Crippen molar-refractivity contribution in [2.24, 2.45) is 0 Å². The number of anilines is 1. The van der Waals surface area contributed by atoms with Crippen molar-refractivity contribution in [2.45, 2.75) is 19.6 Å². The number of phenolic OH excluding ortho intramolecular Hbond substituents is 1. The largest absolute Gasteiger partial charge is 0.507 e. The van der Waals surface area contributed by atoms with E-state index in [4.69, 9.17) is 16.3 Å². The molecule has 0 saturated carbocycles. The summed E-state index contributed by atoms with van der Waals surface area (Å²) < 4.78 is 46.0. The number of nitrogens with one attached hydrogen (secondary N) is 1. The molecule has 32 heavy (non-hydrogen) atoms. The molecule has 3 aromatic rings. The van der Waals surface area contributed by atoms with E-state index < -0.39 is 17.6 Å². The normalized spacial score (nSPS) is 15.3. The van der Waals surface area contributed by atoms with Crippen LogP contribution in [0.25, 0.3) is 10.2 Å². The summed E-state index contributed by atoms with van der Waals surface area (Å²) in [5.74, 6) is -0.877. The lowest BCUT2D eigenvalue weighted by atomic mass is 10.1. The Morgan fingerprint density at radius 1 is 1.28 bits per heavy atom. The van der Waals surface area contributed by atoms with Crippen LogP contribution < -0.4 is 5.32 Å². The number of fused-ring (bicyclic) bond motifs is 1. The Morgan fingerprint density at radius 2 is 2.00 bits per heavy atom. The fourth-order valence-corrected chi connectivity index (χ4v) is 4.73. The topological polar surface area (TPSA) is 74.7 Å². The lowest BCUT2D eigenvalue weighted by Crippen LogP contribution is -2.35. The van der Waals surface area contributed by atoms with Crippen molar-refractivity contribution in [3.8, 4) is 5.75 Å². The minimum absolute atomic E-state index is 0.0428. The lowest BCUT2D eigenvalue weighted by Gasteiger charge is -2.26. The summed E-state index contributed by atoms with van der Waals surface area (Å²) in [4.78, 5) is 19.1. The number of morpholine rings is 1. The molecule has 0 aliphatic carbocycles. The summed E-state index contributed by atoms with van der Waals surface area (Å²) in [6, 6.07) is 4.97. The maximum atomic E-state index is 13.5. The van der Waals surface area contributed by atoms with Crippen LogP contribution in [0.4, 0.5) is 18.3 Å². The maximum Gasteiger partial charge on any atom is 0.416 e. The highest BCUT2D eigenvalue weighted by Crippen LogP contribution is 2.37. The van der Waals surface area contributed by atoms with Gasteiger partial charge < -0.3 is 9.84 Å². The van der Waals surface area contributed by atoms with Crippen LogP contribution in [0, 0.1) is 6.92 Å². The second-order valence-corrected chi connectivity index (χ2v) is 8.93. The fraction of sp³-hybridized carbons (Fsp3) is 0.333. The Hall–Kier alpha value is -2.40. The van der Waals surface area contributed by atoms with Gasteiger partial charge in [0.25, 0.3) is 5.91 Å². The third-order valence-electron chi connectivity index (χ3n) is 5.13. The van der Waals surface area contributed by atoms with Crippen LogP contribution in [0.1, 0.15) is 27.0 Å². The van der Waals surface area contributed by atoms with Crippen molar-refractivity contribution in [1.82, 2.24) is 9.88 Å². The van der Waals surface area contributed by atoms with E-state index in [1.807, 2.05) is 4.90 Å². The molecule has 0 radical (unpaired) electrons. The number of alkyl halides is 3. The minimum atomic E-state index is -4.51. The van der Waals surface area contributed by atoms with Crippen molar-refractivity contribution < 1.29 is 27.8 Å². The van der Waals surface area contributed by atoms with Gasteiger partial charge in [0, 0.05) is 24.7 Å². The number of ether oxygens (including phenoxy) is 1. The third kappa shape index (κ3) is 4.83. The van der Waals surface area contributed by atoms with Crippen LogP contribution >= 0.6 is 22.9 Å². The Labute approximate surface area is 190 Å². The van der Waals surface area contributed by atoms with E-state index in [-0.39, 0.29) is 28.0 Å². The monoisotopic (exact) mass is 485 g/mol. The van der Waals surface area contributed by atoms with E-state index in [2.05, 4.69) is 10.3 Å². The summed E-state index contributed by atoms with van der Waals surface area (Å²) in [6.07, 6.45) is -4.51. The van der Waals surface area contributed by atoms with Crippen LogP contribution in [0.5, 0.6) is 5.75 Å². The molecule has 2 N–H and O–H groups in total. The molecular formula is C21H19ClF3N3O3S. The SMILES string of the molecule is Cc1cc(Cl)cc(C(=O)Nc2nc3c(CN4CCOCC4)cc(C(F)(F)F)cc3s2)c1O. The molecule has 6 nitrogen and oxygen atoms in total. The molecule has 170 valence electrons. The van der Waals surface area contributed by atoms with E-state index in [0.717, 1.165) is 23.5 Å². The van der Waals surface area contributed by atoms with E-state index in [0.29, 0.717) is 47.6 Å². The number of aromatic nitrogens is 1. The molecule has 0 atom stereocenters. The molecule has 1 aliphatic heterocycles. The number of hydrogen-bond donors (Lipinski definition) is 2. The van der Waals surface area contributed by atoms with Gasteiger partial charge in [0.1, 0.15) is 5.75 Å². The van der Waals surface area contributed by atoms with E-state index >= 15 is 0 Å². The number of nitrogens with zero attached hydrogens (tertiary/aromatic N) is 2. The number of benzene rings is 2. The van der Waals surface area contributed by atoms with Gasteiger partial charge in [-0.05, 0) is 42.3 Å².